The fourth-order valence-electron chi connectivity index (χ4n) is 1.24. The van der Waals surface area contributed by atoms with Gasteiger partial charge in [-0.1, -0.05) is 12.1 Å². The van der Waals surface area contributed by atoms with Gasteiger partial charge in [0.1, 0.15) is 0 Å². The van der Waals surface area contributed by atoms with Gasteiger partial charge in [-0.05, 0) is 40.5 Å². The summed E-state index contributed by atoms with van der Waals surface area (Å²) < 4.78 is 0.651. The number of amides is 2. The normalized spacial score (nSPS) is 11.1. The fourth-order valence-corrected chi connectivity index (χ4v) is 1.72. The Morgan fingerprint density at radius 1 is 1.56 bits per heavy atom. The standard InChI is InChI=1S/C11H15BrN4O2/c1-2-5-14-11(17)15-9-4-3-7(6-8(9)12)10(13)16-18/h3-4,6,18H,2,5H2,1H3,(H2,13,16)(H2,14,15,17). The van der Waals surface area contributed by atoms with E-state index in [0.29, 0.717) is 22.3 Å². The molecule has 0 aliphatic rings. The average Bonchev–Trinajstić information content (AvgIpc) is 2.37. The first kappa shape index (κ1) is 14.3. The van der Waals surface area contributed by atoms with Crippen molar-refractivity contribution in [1.82, 2.24) is 5.32 Å². The summed E-state index contributed by atoms with van der Waals surface area (Å²) in [6.07, 6.45) is 0.872. The molecule has 1 aromatic carbocycles. The van der Waals surface area contributed by atoms with Crippen molar-refractivity contribution in [2.24, 2.45) is 10.9 Å². The molecule has 2 amide bonds. The van der Waals surface area contributed by atoms with Gasteiger partial charge in [0, 0.05) is 16.6 Å². The lowest BCUT2D eigenvalue weighted by Crippen LogP contribution is -2.29. The third kappa shape index (κ3) is 3.92. The molecule has 1 rings (SSSR count). The lowest BCUT2D eigenvalue weighted by atomic mass is 10.2. The molecule has 0 radical (unpaired) electrons. The summed E-state index contributed by atoms with van der Waals surface area (Å²) in [6.45, 7) is 2.59. The Morgan fingerprint density at radius 3 is 2.83 bits per heavy atom. The molecule has 0 atom stereocenters. The first-order valence-electron chi connectivity index (χ1n) is 5.40. The van der Waals surface area contributed by atoms with Crippen LogP contribution < -0.4 is 16.4 Å². The minimum Gasteiger partial charge on any atom is -0.409 e. The predicted molar refractivity (Wildman–Crippen MR) is 74.0 cm³/mol. The predicted octanol–water partition coefficient (Wildman–Crippen LogP) is 2.08. The van der Waals surface area contributed by atoms with Gasteiger partial charge < -0.3 is 21.6 Å². The van der Waals surface area contributed by atoms with Crippen molar-refractivity contribution in [3.63, 3.8) is 0 Å². The van der Waals surface area contributed by atoms with E-state index < -0.39 is 0 Å². The largest absolute Gasteiger partial charge is 0.409 e. The quantitative estimate of drug-likeness (QED) is 0.296. The summed E-state index contributed by atoms with van der Waals surface area (Å²) in [6, 6.07) is 4.71. The maximum absolute atomic E-state index is 11.5. The molecule has 0 heterocycles. The molecule has 7 heteroatoms. The van der Waals surface area contributed by atoms with Crippen molar-refractivity contribution in [2.45, 2.75) is 13.3 Å². The molecule has 0 aliphatic heterocycles. The van der Waals surface area contributed by atoms with Crippen molar-refractivity contribution >= 4 is 33.5 Å². The molecule has 1 aromatic rings. The minimum absolute atomic E-state index is 0.0117. The number of nitrogens with zero attached hydrogens (tertiary/aromatic N) is 1. The number of rotatable bonds is 4. The maximum atomic E-state index is 11.5. The number of nitrogens with one attached hydrogen (secondary N) is 2. The first-order chi connectivity index (χ1) is 8.58. The van der Waals surface area contributed by atoms with Gasteiger partial charge >= 0.3 is 6.03 Å². The van der Waals surface area contributed by atoms with E-state index in [1.165, 1.54) is 0 Å². The van der Waals surface area contributed by atoms with Crippen LogP contribution in [0.5, 0.6) is 0 Å². The van der Waals surface area contributed by atoms with E-state index in [4.69, 9.17) is 10.9 Å². The first-order valence-corrected chi connectivity index (χ1v) is 6.20. The van der Waals surface area contributed by atoms with Crippen LogP contribution in [0.4, 0.5) is 10.5 Å². The summed E-state index contributed by atoms with van der Waals surface area (Å²) in [5.41, 5.74) is 6.63. The molecule has 6 nitrogen and oxygen atoms in total. The highest BCUT2D eigenvalue weighted by atomic mass is 79.9. The number of halogens is 1. The van der Waals surface area contributed by atoms with E-state index in [0.717, 1.165) is 6.42 Å². The van der Waals surface area contributed by atoms with Gasteiger partial charge in [0.05, 0.1) is 5.69 Å². The van der Waals surface area contributed by atoms with Crippen molar-refractivity contribution in [3.8, 4) is 0 Å². The summed E-state index contributed by atoms with van der Waals surface area (Å²) in [5.74, 6) is 0.0117. The second-order valence-electron chi connectivity index (χ2n) is 3.56. The Kier molecular flexibility index (Phi) is 5.44. The van der Waals surface area contributed by atoms with E-state index in [9.17, 15) is 4.79 Å². The number of hydrogen-bond donors (Lipinski definition) is 4. The van der Waals surface area contributed by atoms with E-state index in [1.807, 2.05) is 6.92 Å². The van der Waals surface area contributed by atoms with Crippen LogP contribution in [0.3, 0.4) is 0 Å². The molecule has 0 bridgehead atoms. The molecule has 0 unspecified atom stereocenters. The highest BCUT2D eigenvalue weighted by Crippen LogP contribution is 2.23. The molecule has 0 aromatic heterocycles. The number of oxime groups is 1. The molecule has 0 saturated heterocycles. The van der Waals surface area contributed by atoms with Crippen molar-refractivity contribution in [1.29, 1.82) is 0 Å². The third-order valence-corrected chi connectivity index (χ3v) is 2.81. The van der Waals surface area contributed by atoms with Crippen LogP contribution in [-0.2, 0) is 0 Å². The van der Waals surface area contributed by atoms with Crippen LogP contribution in [0.2, 0.25) is 0 Å². The zero-order valence-corrected chi connectivity index (χ0v) is 11.5. The van der Waals surface area contributed by atoms with Gasteiger partial charge in [-0.3, -0.25) is 0 Å². The number of anilines is 1. The number of benzene rings is 1. The van der Waals surface area contributed by atoms with Gasteiger partial charge in [-0.15, -0.1) is 0 Å². The molecule has 0 saturated carbocycles. The molecule has 0 fully saturated rings. The van der Waals surface area contributed by atoms with Crippen LogP contribution in [0.15, 0.2) is 27.8 Å². The fraction of sp³-hybridized carbons (Fsp3) is 0.273. The van der Waals surface area contributed by atoms with Gasteiger partial charge in [0.25, 0.3) is 0 Å². The summed E-state index contributed by atoms with van der Waals surface area (Å²) >= 11 is 3.31. The smallest absolute Gasteiger partial charge is 0.319 e. The third-order valence-electron chi connectivity index (χ3n) is 2.16. The molecular weight excluding hydrogens is 300 g/mol. The Morgan fingerprint density at radius 2 is 2.28 bits per heavy atom. The maximum Gasteiger partial charge on any atom is 0.319 e. The SMILES string of the molecule is CCCNC(=O)Nc1ccc(/C(N)=N/O)cc1Br. The molecule has 5 N–H and O–H groups in total. The van der Waals surface area contributed by atoms with Crippen molar-refractivity contribution in [2.75, 3.05) is 11.9 Å². The van der Waals surface area contributed by atoms with Crippen LogP contribution in [-0.4, -0.2) is 23.6 Å². The van der Waals surface area contributed by atoms with Gasteiger partial charge in [-0.2, -0.15) is 0 Å². The zero-order chi connectivity index (χ0) is 13.5. The summed E-state index contributed by atoms with van der Waals surface area (Å²) in [4.78, 5) is 11.5. The molecule has 0 spiro atoms. The number of carbonyl (C=O) groups excluding carboxylic acids is 1. The van der Waals surface area contributed by atoms with Crippen LogP contribution >= 0.6 is 15.9 Å². The molecule has 18 heavy (non-hydrogen) atoms. The van der Waals surface area contributed by atoms with Crippen LogP contribution in [0, 0.1) is 0 Å². The lowest BCUT2D eigenvalue weighted by Gasteiger charge is -2.09. The molecule has 0 aliphatic carbocycles. The number of nitrogens with two attached hydrogens (primary N) is 1. The highest BCUT2D eigenvalue weighted by molar-refractivity contribution is 9.10. The van der Waals surface area contributed by atoms with E-state index in [1.54, 1.807) is 18.2 Å². The Hall–Kier alpha value is -1.76. The van der Waals surface area contributed by atoms with Crippen molar-refractivity contribution in [3.05, 3.63) is 28.2 Å². The number of hydrogen-bond acceptors (Lipinski definition) is 3. The second-order valence-corrected chi connectivity index (χ2v) is 4.42. The summed E-state index contributed by atoms with van der Waals surface area (Å²) in [7, 11) is 0. The topological polar surface area (TPSA) is 99.7 Å². The van der Waals surface area contributed by atoms with Gasteiger partial charge in [0.15, 0.2) is 5.84 Å². The van der Waals surface area contributed by atoms with Crippen LogP contribution in [0.25, 0.3) is 0 Å². The minimum atomic E-state index is -0.269. The van der Waals surface area contributed by atoms with Crippen LogP contribution in [0.1, 0.15) is 18.9 Å². The van der Waals surface area contributed by atoms with E-state index >= 15 is 0 Å². The molecule has 98 valence electrons. The second kappa shape index (κ2) is 6.85. The number of carbonyl (C=O) groups is 1. The monoisotopic (exact) mass is 314 g/mol. The van der Waals surface area contributed by atoms with Gasteiger partial charge in [0.2, 0.25) is 0 Å². The summed E-state index contributed by atoms with van der Waals surface area (Å²) in [5, 5.41) is 16.9. The Bertz CT molecular complexity index is 462. The average molecular weight is 315 g/mol. The van der Waals surface area contributed by atoms with Gasteiger partial charge in [-0.25, -0.2) is 4.79 Å². The Balaban J connectivity index is 2.77. The molecular formula is C11H15BrN4O2. The highest BCUT2D eigenvalue weighted by Gasteiger charge is 2.07. The number of amidine groups is 1. The van der Waals surface area contributed by atoms with Crippen molar-refractivity contribution < 1.29 is 10.0 Å². The Labute approximate surface area is 113 Å². The van der Waals surface area contributed by atoms with E-state index in [2.05, 4.69) is 31.7 Å². The van der Waals surface area contributed by atoms with E-state index in [-0.39, 0.29) is 11.9 Å². The lowest BCUT2D eigenvalue weighted by molar-refractivity contribution is 0.252. The number of urea groups is 1. The zero-order valence-electron chi connectivity index (χ0n) is 9.90.